The van der Waals surface area contributed by atoms with Crippen molar-refractivity contribution in [1.29, 1.82) is 0 Å². The van der Waals surface area contributed by atoms with E-state index >= 15 is 0 Å². The predicted molar refractivity (Wildman–Crippen MR) is 59.0 cm³/mol. The number of fused-ring (bicyclic) bond motifs is 1. The molecule has 82 valence electrons. The number of β-amino-alcohol motifs (C(OH)–C–C–N with tert-alkyl or cyclic N) is 1. The van der Waals surface area contributed by atoms with E-state index in [2.05, 4.69) is 24.0 Å². The van der Waals surface area contributed by atoms with Crippen LogP contribution in [0.4, 0.5) is 0 Å². The van der Waals surface area contributed by atoms with Crippen LogP contribution in [0, 0.1) is 6.92 Å². The fourth-order valence-electron chi connectivity index (χ4n) is 1.91. The fraction of sp³-hybridized carbons (Fsp3) is 0.500. The molecule has 0 atom stereocenters. The number of hydrogen-bond donors (Lipinski definition) is 1. The van der Waals surface area contributed by atoms with Crippen molar-refractivity contribution in [3.8, 4) is 5.75 Å². The summed E-state index contributed by atoms with van der Waals surface area (Å²) in [6, 6.07) is 6.26. The van der Waals surface area contributed by atoms with Crippen molar-refractivity contribution in [2.24, 2.45) is 0 Å². The molecule has 1 aromatic rings. The number of ether oxygens (including phenoxy) is 1. The molecule has 1 aliphatic rings. The van der Waals surface area contributed by atoms with Crippen molar-refractivity contribution >= 4 is 0 Å². The molecule has 0 spiro atoms. The summed E-state index contributed by atoms with van der Waals surface area (Å²) in [6.45, 7) is 5.47. The molecule has 0 radical (unpaired) electrons. The van der Waals surface area contributed by atoms with Gasteiger partial charge in [-0.1, -0.05) is 17.7 Å². The highest BCUT2D eigenvalue weighted by molar-refractivity contribution is 5.37. The van der Waals surface area contributed by atoms with Crippen molar-refractivity contribution in [3.63, 3.8) is 0 Å². The van der Waals surface area contributed by atoms with Crippen LogP contribution in [0.25, 0.3) is 0 Å². The number of aryl methyl sites for hydroxylation is 1. The van der Waals surface area contributed by atoms with Crippen LogP contribution in [-0.4, -0.2) is 36.3 Å². The Morgan fingerprint density at radius 2 is 2.33 bits per heavy atom. The van der Waals surface area contributed by atoms with E-state index in [1.54, 1.807) is 0 Å². The van der Waals surface area contributed by atoms with E-state index in [0.29, 0.717) is 6.61 Å². The van der Waals surface area contributed by atoms with Crippen molar-refractivity contribution in [2.75, 3.05) is 26.3 Å². The lowest BCUT2D eigenvalue weighted by molar-refractivity contribution is 0.177. The van der Waals surface area contributed by atoms with Gasteiger partial charge in [0, 0.05) is 25.2 Å². The van der Waals surface area contributed by atoms with Gasteiger partial charge >= 0.3 is 0 Å². The monoisotopic (exact) mass is 207 g/mol. The second kappa shape index (κ2) is 4.64. The minimum absolute atomic E-state index is 0.209. The van der Waals surface area contributed by atoms with Crippen LogP contribution in [-0.2, 0) is 6.54 Å². The molecular formula is C12H17NO2. The number of rotatable bonds is 2. The van der Waals surface area contributed by atoms with Crippen LogP contribution < -0.4 is 4.74 Å². The van der Waals surface area contributed by atoms with E-state index in [0.717, 1.165) is 25.4 Å². The van der Waals surface area contributed by atoms with Crippen molar-refractivity contribution < 1.29 is 9.84 Å². The maximum atomic E-state index is 8.93. The zero-order valence-corrected chi connectivity index (χ0v) is 9.07. The summed E-state index contributed by atoms with van der Waals surface area (Å²) in [7, 11) is 0. The number of aliphatic hydroxyl groups is 1. The first-order valence-electron chi connectivity index (χ1n) is 5.35. The van der Waals surface area contributed by atoms with Crippen LogP contribution in [0.15, 0.2) is 18.2 Å². The molecule has 2 rings (SSSR count). The number of aliphatic hydroxyl groups excluding tert-OH is 1. The van der Waals surface area contributed by atoms with E-state index in [-0.39, 0.29) is 6.61 Å². The molecule has 0 saturated carbocycles. The summed E-state index contributed by atoms with van der Waals surface area (Å²) >= 11 is 0. The molecule has 0 unspecified atom stereocenters. The molecule has 0 fully saturated rings. The van der Waals surface area contributed by atoms with Gasteiger partial charge in [-0.2, -0.15) is 0 Å². The Morgan fingerprint density at radius 1 is 1.47 bits per heavy atom. The van der Waals surface area contributed by atoms with Crippen LogP contribution in [0.3, 0.4) is 0 Å². The molecule has 3 heteroatoms. The summed E-state index contributed by atoms with van der Waals surface area (Å²) in [5, 5.41) is 8.93. The van der Waals surface area contributed by atoms with E-state index < -0.39 is 0 Å². The molecule has 0 bridgehead atoms. The largest absolute Gasteiger partial charge is 0.492 e. The van der Waals surface area contributed by atoms with E-state index in [4.69, 9.17) is 9.84 Å². The Bertz CT molecular complexity index is 338. The summed E-state index contributed by atoms with van der Waals surface area (Å²) in [4.78, 5) is 2.21. The van der Waals surface area contributed by atoms with Gasteiger partial charge in [0.25, 0.3) is 0 Å². The number of benzene rings is 1. The number of hydrogen-bond acceptors (Lipinski definition) is 3. The summed E-state index contributed by atoms with van der Waals surface area (Å²) in [5.74, 6) is 0.987. The van der Waals surface area contributed by atoms with Crippen LogP contribution in [0.5, 0.6) is 5.75 Å². The second-order valence-electron chi connectivity index (χ2n) is 3.96. The molecule has 0 amide bonds. The quantitative estimate of drug-likeness (QED) is 0.790. The first-order chi connectivity index (χ1) is 7.29. The highest BCUT2D eigenvalue weighted by Crippen LogP contribution is 2.23. The Kier molecular flexibility index (Phi) is 3.23. The smallest absolute Gasteiger partial charge is 0.123 e. The maximum absolute atomic E-state index is 8.93. The normalized spacial score (nSPS) is 16.7. The van der Waals surface area contributed by atoms with Gasteiger partial charge < -0.3 is 9.84 Å². The Labute approximate surface area is 90.3 Å². The average Bonchev–Trinajstić information content (AvgIpc) is 2.39. The zero-order chi connectivity index (χ0) is 10.7. The van der Waals surface area contributed by atoms with Crippen molar-refractivity contribution in [3.05, 3.63) is 29.3 Å². The van der Waals surface area contributed by atoms with E-state index in [1.165, 1.54) is 11.1 Å². The Hall–Kier alpha value is -1.06. The van der Waals surface area contributed by atoms with E-state index in [1.807, 2.05) is 6.07 Å². The highest BCUT2D eigenvalue weighted by Gasteiger charge is 2.14. The molecule has 3 nitrogen and oxygen atoms in total. The third-order valence-corrected chi connectivity index (χ3v) is 2.69. The van der Waals surface area contributed by atoms with Crippen LogP contribution in [0.1, 0.15) is 11.1 Å². The predicted octanol–water partition coefficient (Wildman–Crippen LogP) is 1.18. The highest BCUT2D eigenvalue weighted by atomic mass is 16.5. The van der Waals surface area contributed by atoms with Gasteiger partial charge in [-0.25, -0.2) is 0 Å². The zero-order valence-electron chi connectivity index (χ0n) is 9.07. The minimum Gasteiger partial charge on any atom is -0.492 e. The van der Waals surface area contributed by atoms with Crippen molar-refractivity contribution in [2.45, 2.75) is 13.5 Å². The average molecular weight is 207 g/mol. The lowest BCUT2D eigenvalue weighted by Crippen LogP contribution is -2.28. The van der Waals surface area contributed by atoms with Gasteiger partial charge in [0.1, 0.15) is 12.4 Å². The Balaban J connectivity index is 2.19. The molecule has 1 aliphatic heterocycles. The minimum atomic E-state index is 0.209. The van der Waals surface area contributed by atoms with Gasteiger partial charge in [0.05, 0.1) is 6.61 Å². The molecule has 1 heterocycles. The standard InChI is InChI=1S/C12H17NO2/c1-10-2-3-12-11(8-10)9-13(4-6-14)5-7-15-12/h2-3,8,14H,4-7,9H2,1H3. The summed E-state index contributed by atoms with van der Waals surface area (Å²) in [5.41, 5.74) is 2.48. The Morgan fingerprint density at radius 3 is 3.13 bits per heavy atom. The third kappa shape index (κ3) is 2.49. The summed E-state index contributed by atoms with van der Waals surface area (Å²) < 4.78 is 5.66. The molecular weight excluding hydrogens is 190 g/mol. The molecule has 15 heavy (non-hydrogen) atoms. The fourth-order valence-corrected chi connectivity index (χ4v) is 1.91. The first-order valence-corrected chi connectivity index (χ1v) is 5.35. The third-order valence-electron chi connectivity index (χ3n) is 2.69. The summed E-state index contributed by atoms with van der Waals surface area (Å²) in [6.07, 6.45) is 0. The topological polar surface area (TPSA) is 32.7 Å². The van der Waals surface area contributed by atoms with Gasteiger partial charge in [-0.15, -0.1) is 0 Å². The molecule has 0 aliphatic carbocycles. The molecule has 1 N–H and O–H groups in total. The van der Waals surface area contributed by atoms with Gasteiger partial charge in [0.2, 0.25) is 0 Å². The van der Waals surface area contributed by atoms with Gasteiger partial charge in [-0.3, -0.25) is 4.90 Å². The van der Waals surface area contributed by atoms with Gasteiger partial charge in [-0.05, 0) is 13.0 Å². The van der Waals surface area contributed by atoms with E-state index in [9.17, 15) is 0 Å². The van der Waals surface area contributed by atoms with Crippen molar-refractivity contribution in [1.82, 2.24) is 4.90 Å². The molecule has 1 aromatic carbocycles. The maximum Gasteiger partial charge on any atom is 0.123 e. The number of nitrogens with zero attached hydrogens (tertiary/aromatic N) is 1. The second-order valence-corrected chi connectivity index (χ2v) is 3.96. The SMILES string of the molecule is Cc1ccc2c(c1)CN(CCO)CCO2. The molecule has 0 aromatic heterocycles. The first kappa shape index (κ1) is 10.5. The van der Waals surface area contributed by atoms with Crippen LogP contribution >= 0.6 is 0 Å². The lowest BCUT2D eigenvalue weighted by atomic mass is 10.1. The van der Waals surface area contributed by atoms with Crippen LogP contribution in [0.2, 0.25) is 0 Å². The molecule has 0 saturated heterocycles. The lowest BCUT2D eigenvalue weighted by Gasteiger charge is -2.17. The van der Waals surface area contributed by atoms with Gasteiger partial charge in [0.15, 0.2) is 0 Å².